The van der Waals surface area contributed by atoms with Crippen LogP contribution in [0.4, 0.5) is 0 Å². The van der Waals surface area contributed by atoms with Gasteiger partial charge >= 0.3 is 0 Å². The molecule has 4 heterocycles. The molecule has 0 spiro atoms. The molecule has 0 saturated heterocycles. The summed E-state index contributed by atoms with van der Waals surface area (Å²) in [5, 5.41) is 1.19. The summed E-state index contributed by atoms with van der Waals surface area (Å²) in [5.41, 5.74) is 2.43. The molecule has 0 aliphatic carbocycles. The number of amides is 1. The van der Waals surface area contributed by atoms with E-state index >= 15 is 0 Å². The summed E-state index contributed by atoms with van der Waals surface area (Å²) in [7, 11) is -3.28. The van der Waals surface area contributed by atoms with Crippen molar-refractivity contribution in [1.82, 2.24) is 19.4 Å². The van der Waals surface area contributed by atoms with Gasteiger partial charge in [0.1, 0.15) is 0 Å². The van der Waals surface area contributed by atoms with Gasteiger partial charge in [0.15, 0.2) is 9.84 Å². The molecule has 0 N–H and O–H groups in total. The molecule has 0 bridgehead atoms. The van der Waals surface area contributed by atoms with Crippen LogP contribution in [0.3, 0.4) is 0 Å². The molecular formula is C21H20N4O3S. The van der Waals surface area contributed by atoms with Gasteiger partial charge in [0.2, 0.25) is 5.91 Å². The zero-order valence-electron chi connectivity index (χ0n) is 15.6. The molecule has 3 aromatic heterocycles. The van der Waals surface area contributed by atoms with Crippen LogP contribution < -0.4 is 0 Å². The molecule has 4 rings (SSSR count). The van der Waals surface area contributed by atoms with E-state index in [0.717, 1.165) is 11.3 Å². The minimum Gasteiger partial charge on any atom is -0.331 e. The molecule has 1 aliphatic heterocycles. The summed E-state index contributed by atoms with van der Waals surface area (Å²) in [4.78, 5) is 23.1. The maximum absolute atomic E-state index is 13.1. The van der Waals surface area contributed by atoms with Crippen LogP contribution in [0.15, 0.2) is 78.9 Å². The fraction of sp³-hybridized carbons (Fsp3) is 0.190. The predicted octanol–water partition coefficient (Wildman–Crippen LogP) is 2.15. The Morgan fingerprint density at radius 2 is 1.90 bits per heavy atom. The molecule has 0 aromatic carbocycles. The molecule has 1 atom stereocenters. The van der Waals surface area contributed by atoms with E-state index in [2.05, 4.69) is 9.97 Å². The normalized spacial score (nSPS) is 17.3. The Balaban J connectivity index is 1.52. The van der Waals surface area contributed by atoms with Gasteiger partial charge in [-0.3, -0.25) is 14.8 Å². The standard InChI is InChI=1S/C21H20N4O3S/c26-21(13-18-3-4-19(14-23-18)24-10-1-2-11-24)25(15-17-5-8-22-9-6-17)20-7-12-29(27,28)16-20/h1-12,14,20H,13,15-16H2. The lowest BCUT2D eigenvalue weighted by molar-refractivity contribution is -0.132. The van der Waals surface area contributed by atoms with Crippen LogP contribution in [0.25, 0.3) is 5.69 Å². The second kappa shape index (κ2) is 8.00. The van der Waals surface area contributed by atoms with Crippen LogP contribution in [0, 0.1) is 0 Å². The van der Waals surface area contributed by atoms with Crippen molar-refractivity contribution < 1.29 is 13.2 Å². The highest BCUT2D eigenvalue weighted by molar-refractivity contribution is 7.94. The van der Waals surface area contributed by atoms with Gasteiger partial charge in [0, 0.05) is 42.4 Å². The Morgan fingerprint density at radius 3 is 2.52 bits per heavy atom. The van der Waals surface area contributed by atoms with Crippen LogP contribution in [0.1, 0.15) is 11.3 Å². The topological polar surface area (TPSA) is 85.2 Å². The number of pyridine rings is 2. The quantitative estimate of drug-likeness (QED) is 0.624. The van der Waals surface area contributed by atoms with Gasteiger partial charge in [-0.2, -0.15) is 0 Å². The van der Waals surface area contributed by atoms with Crippen molar-refractivity contribution in [2.75, 3.05) is 5.75 Å². The van der Waals surface area contributed by atoms with Crippen LogP contribution >= 0.6 is 0 Å². The van der Waals surface area contributed by atoms with E-state index in [-0.39, 0.29) is 18.1 Å². The van der Waals surface area contributed by atoms with Gasteiger partial charge in [-0.15, -0.1) is 0 Å². The largest absolute Gasteiger partial charge is 0.331 e. The molecule has 7 nitrogen and oxygen atoms in total. The van der Waals surface area contributed by atoms with Crippen LogP contribution in [0.5, 0.6) is 0 Å². The van der Waals surface area contributed by atoms with E-state index in [1.54, 1.807) is 29.6 Å². The molecule has 148 valence electrons. The first-order valence-corrected chi connectivity index (χ1v) is 10.9. The number of carbonyl (C=O) groups is 1. The van der Waals surface area contributed by atoms with Crippen LogP contribution in [0.2, 0.25) is 0 Å². The second-order valence-corrected chi connectivity index (χ2v) is 8.81. The minimum atomic E-state index is -3.28. The van der Waals surface area contributed by atoms with Gasteiger partial charge in [-0.05, 0) is 48.0 Å². The molecule has 1 unspecified atom stereocenters. The number of hydrogen-bond acceptors (Lipinski definition) is 5. The predicted molar refractivity (Wildman–Crippen MR) is 109 cm³/mol. The number of nitrogens with zero attached hydrogens (tertiary/aromatic N) is 4. The fourth-order valence-electron chi connectivity index (χ4n) is 3.27. The number of aromatic nitrogens is 3. The highest BCUT2D eigenvalue weighted by Crippen LogP contribution is 2.19. The Labute approximate surface area is 169 Å². The lowest BCUT2D eigenvalue weighted by Crippen LogP contribution is -2.41. The summed E-state index contributed by atoms with van der Waals surface area (Å²) in [6.45, 7) is 0.313. The second-order valence-electron chi connectivity index (χ2n) is 6.88. The Kier molecular flexibility index (Phi) is 5.26. The summed E-state index contributed by atoms with van der Waals surface area (Å²) in [5.74, 6) is -0.265. The first kappa shape index (κ1) is 19.1. The number of sulfone groups is 1. The van der Waals surface area contributed by atoms with Crippen LogP contribution in [-0.2, 0) is 27.6 Å². The van der Waals surface area contributed by atoms with Crippen molar-refractivity contribution in [1.29, 1.82) is 0 Å². The molecule has 1 amide bonds. The first-order chi connectivity index (χ1) is 14.0. The molecule has 0 radical (unpaired) electrons. The third kappa shape index (κ3) is 4.60. The molecule has 0 saturated carbocycles. The van der Waals surface area contributed by atoms with E-state index in [1.807, 2.05) is 53.4 Å². The zero-order valence-corrected chi connectivity index (χ0v) is 16.4. The lowest BCUT2D eigenvalue weighted by atomic mass is 10.1. The molecule has 29 heavy (non-hydrogen) atoms. The van der Waals surface area contributed by atoms with Crippen molar-refractivity contribution >= 4 is 15.7 Å². The number of rotatable bonds is 6. The third-order valence-electron chi connectivity index (χ3n) is 4.78. The third-order valence-corrected chi connectivity index (χ3v) is 6.16. The Morgan fingerprint density at radius 1 is 1.14 bits per heavy atom. The summed E-state index contributed by atoms with van der Waals surface area (Å²) >= 11 is 0. The minimum absolute atomic E-state index is 0.0934. The van der Waals surface area contributed by atoms with Crippen molar-refractivity contribution in [3.8, 4) is 5.69 Å². The van der Waals surface area contributed by atoms with Gasteiger partial charge in [0.05, 0.1) is 30.1 Å². The molecule has 1 aliphatic rings. The van der Waals surface area contributed by atoms with Crippen molar-refractivity contribution in [3.63, 3.8) is 0 Å². The summed E-state index contributed by atoms with van der Waals surface area (Å²) < 4.78 is 25.7. The number of hydrogen-bond donors (Lipinski definition) is 0. The summed E-state index contributed by atoms with van der Waals surface area (Å²) in [6, 6.07) is 10.7. The fourth-order valence-corrected chi connectivity index (χ4v) is 4.56. The smallest absolute Gasteiger partial charge is 0.229 e. The Bertz CT molecular complexity index is 1110. The molecule has 8 heteroatoms. The van der Waals surface area contributed by atoms with Crippen molar-refractivity contribution in [2.45, 2.75) is 19.0 Å². The van der Waals surface area contributed by atoms with Gasteiger partial charge in [-0.1, -0.05) is 0 Å². The lowest BCUT2D eigenvalue weighted by Gasteiger charge is -2.27. The van der Waals surface area contributed by atoms with Crippen LogP contribution in [-0.4, -0.2) is 45.6 Å². The first-order valence-electron chi connectivity index (χ1n) is 9.18. The van der Waals surface area contributed by atoms with Crippen molar-refractivity contribution in [2.24, 2.45) is 0 Å². The molecule has 0 fully saturated rings. The maximum atomic E-state index is 13.1. The highest BCUT2D eigenvalue weighted by atomic mass is 32.2. The van der Waals surface area contributed by atoms with E-state index < -0.39 is 15.9 Å². The SMILES string of the molecule is O=C(Cc1ccc(-n2cccc2)cn1)N(Cc1ccncc1)C1C=CS(=O)(=O)C1. The summed E-state index contributed by atoms with van der Waals surface area (Å²) in [6.07, 6.45) is 10.5. The van der Waals surface area contributed by atoms with Gasteiger partial charge in [0.25, 0.3) is 0 Å². The highest BCUT2D eigenvalue weighted by Gasteiger charge is 2.30. The van der Waals surface area contributed by atoms with E-state index in [0.29, 0.717) is 12.2 Å². The molecule has 3 aromatic rings. The zero-order chi connectivity index (χ0) is 20.3. The van der Waals surface area contributed by atoms with E-state index in [1.165, 1.54) is 5.41 Å². The monoisotopic (exact) mass is 408 g/mol. The van der Waals surface area contributed by atoms with Gasteiger partial charge < -0.3 is 9.47 Å². The average molecular weight is 408 g/mol. The van der Waals surface area contributed by atoms with Gasteiger partial charge in [-0.25, -0.2) is 8.42 Å². The number of carbonyl (C=O) groups excluding carboxylic acids is 1. The average Bonchev–Trinajstić information content (AvgIpc) is 3.37. The molecular weight excluding hydrogens is 388 g/mol. The van der Waals surface area contributed by atoms with E-state index in [4.69, 9.17) is 0 Å². The maximum Gasteiger partial charge on any atom is 0.229 e. The van der Waals surface area contributed by atoms with E-state index in [9.17, 15) is 13.2 Å². The van der Waals surface area contributed by atoms with Crippen molar-refractivity contribution in [3.05, 3.63) is 90.1 Å². The Hall–Kier alpha value is -3.26.